The van der Waals surface area contributed by atoms with Crippen LogP contribution < -0.4 is 5.32 Å². The highest BCUT2D eigenvalue weighted by atomic mass is 19.1. The summed E-state index contributed by atoms with van der Waals surface area (Å²) in [6.45, 7) is 4.24. The van der Waals surface area contributed by atoms with Crippen molar-refractivity contribution in [3.05, 3.63) is 53.4 Å². The molecule has 0 radical (unpaired) electrons. The van der Waals surface area contributed by atoms with E-state index in [9.17, 15) is 14.0 Å². The van der Waals surface area contributed by atoms with Gasteiger partial charge in [-0.25, -0.2) is 19.0 Å². The number of H-pyrrole nitrogens is 1. The number of nitrogens with one attached hydrogen (secondary N) is 2. The Morgan fingerprint density at radius 1 is 1.46 bits per heavy atom. The molecule has 7 nitrogen and oxygen atoms in total. The van der Waals surface area contributed by atoms with E-state index in [2.05, 4.69) is 15.3 Å². The van der Waals surface area contributed by atoms with Crippen molar-refractivity contribution in [2.75, 3.05) is 13.7 Å². The van der Waals surface area contributed by atoms with Gasteiger partial charge in [-0.2, -0.15) is 0 Å². The normalized spacial score (nSPS) is 18.1. The molecule has 2 aromatic rings. The number of benzene rings is 1. The van der Waals surface area contributed by atoms with E-state index < -0.39 is 24.1 Å². The zero-order valence-electron chi connectivity index (χ0n) is 16.2. The third-order valence-corrected chi connectivity index (χ3v) is 5.30. The van der Waals surface area contributed by atoms with Crippen LogP contribution in [0.4, 0.5) is 9.18 Å². The van der Waals surface area contributed by atoms with Gasteiger partial charge in [-0.05, 0) is 23.6 Å². The number of imidazole rings is 1. The van der Waals surface area contributed by atoms with Crippen LogP contribution in [0.5, 0.6) is 0 Å². The molecule has 0 saturated carbocycles. The Hall–Kier alpha value is -2.90. The quantitative estimate of drug-likeness (QED) is 0.771. The van der Waals surface area contributed by atoms with Crippen LogP contribution in [-0.2, 0) is 16.0 Å². The van der Waals surface area contributed by atoms with Crippen molar-refractivity contribution in [3.8, 4) is 0 Å². The highest BCUT2D eigenvalue weighted by molar-refractivity contribution is 5.84. The Bertz CT molecular complexity index is 853. The van der Waals surface area contributed by atoms with Gasteiger partial charge in [-0.3, -0.25) is 0 Å². The summed E-state index contributed by atoms with van der Waals surface area (Å²) in [5.74, 6) is -0.954. The van der Waals surface area contributed by atoms with Crippen LogP contribution >= 0.6 is 0 Å². The van der Waals surface area contributed by atoms with Gasteiger partial charge in [0.25, 0.3) is 0 Å². The van der Waals surface area contributed by atoms with Crippen molar-refractivity contribution >= 4 is 12.0 Å². The topological polar surface area (TPSA) is 87.3 Å². The number of urea groups is 1. The largest absolute Gasteiger partial charge is 0.467 e. The second-order valence-corrected chi connectivity index (χ2v) is 7.00. The fourth-order valence-electron chi connectivity index (χ4n) is 3.52. The smallest absolute Gasteiger partial charge is 0.328 e. The molecule has 2 heterocycles. The van der Waals surface area contributed by atoms with E-state index >= 15 is 0 Å². The standard InChI is InChI=1S/C20H25FN4O3/c1-4-12(2)16(19(26)28-3)24-20(27)25-9-8-15-17(23-11-22-15)18(25)13-6-5-7-14(21)10-13/h5-7,10-12,16,18H,4,8-9H2,1-3H3,(H,22,23)(H,24,27)/t12-,16-,18+/m1/s1. The van der Waals surface area contributed by atoms with Crippen molar-refractivity contribution in [2.45, 2.75) is 38.8 Å². The van der Waals surface area contributed by atoms with E-state index in [1.165, 1.54) is 19.2 Å². The molecule has 0 unspecified atom stereocenters. The van der Waals surface area contributed by atoms with Crippen LogP contribution in [0.3, 0.4) is 0 Å². The van der Waals surface area contributed by atoms with Crippen LogP contribution in [0, 0.1) is 11.7 Å². The molecular weight excluding hydrogens is 363 g/mol. The molecule has 2 N–H and O–H groups in total. The number of esters is 1. The van der Waals surface area contributed by atoms with Crippen LogP contribution in [0.2, 0.25) is 0 Å². The number of methoxy groups -OCH3 is 1. The van der Waals surface area contributed by atoms with Gasteiger partial charge in [0, 0.05) is 18.7 Å². The van der Waals surface area contributed by atoms with Crippen molar-refractivity contribution in [3.63, 3.8) is 0 Å². The number of ether oxygens (including phenoxy) is 1. The summed E-state index contributed by atoms with van der Waals surface area (Å²) in [7, 11) is 1.30. The van der Waals surface area contributed by atoms with E-state index in [0.717, 1.165) is 5.69 Å². The lowest BCUT2D eigenvalue weighted by atomic mass is 9.95. The Kier molecular flexibility index (Phi) is 5.96. The average molecular weight is 388 g/mol. The first kappa shape index (κ1) is 19.9. The molecule has 8 heteroatoms. The number of hydrogen-bond donors (Lipinski definition) is 2. The zero-order chi connectivity index (χ0) is 20.3. The van der Waals surface area contributed by atoms with Gasteiger partial charge in [0.1, 0.15) is 17.9 Å². The monoisotopic (exact) mass is 388 g/mol. The highest BCUT2D eigenvalue weighted by Crippen LogP contribution is 2.33. The number of rotatable bonds is 5. The number of carbonyl (C=O) groups is 2. The van der Waals surface area contributed by atoms with Crippen molar-refractivity contribution in [1.82, 2.24) is 20.2 Å². The fourth-order valence-corrected chi connectivity index (χ4v) is 3.52. The molecule has 1 aliphatic heterocycles. The van der Waals surface area contributed by atoms with Gasteiger partial charge in [-0.15, -0.1) is 0 Å². The number of amides is 2. The van der Waals surface area contributed by atoms with E-state index in [1.807, 2.05) is 13.8 Å². The highest BCUT2D eigenvalue weighted by Gasteiger charge is 2.36. The molecular formula is C20H25FN4O3. The number of carbonyl (C=O) groups excluding carboxylic acids is 2. The molecule has 28 heavy (non-hydrogen) atoms. The van der Waals surface area contributed by atoms with Crippen LogP contribution in [-0.4, -0.2) is 46.6 Å². The second kappa shape index (κ2) is 8.41. The first-order chi connectivity index (χ1) is 13.5. The minimum absolute atomic E-state index is 0.0882. The summed E-state index contributed by atoms with van der Waals surface area (Å²) in [6.07, 6.45) is 2.88. The van der Waals surface area contributed by atoms with Crippen molar-refractivity contribution in [2.24, 2.45) is 5.92 Å². The number of aromatic amines is 1. The summed E-state index contributed by atoms with van der Waals surface area (Å²) < 4.78 is 18.7. The maximum atomic E-state index is 13.9. The Morgan fingerprint density at radius 2 is 2.25 bits per heavy atom. The molecule has 3 atom stereocenters. The van der Waals surface area contributed by atoms with E-state index in [1.54, 1.807) is 23.4 Å². The molecule has 3 rings (SSSR count). The summed E-state index contributed by atoms with van der Waals surface area (Å²) in [6, 6.07) is 4.44. The molecule has 1 aromatic heterocycles. The molecule has 1 aromatic carbocycles. The van der Waals surface area contributed by atoms with Gasteiger partial charge in [0.2, 0.25) is 0 Å². The maximum Gasteiger partial charge on any atom is 0.328 e. The molecule has 150 valence electrons. The fraction of sp³-hybridized carbons (Fsp3) is 0.450. The summed E-state index contributed by atoms with van der Waals surface area (Å²) >= 11 is 0. The SMILES string of the molecule is CC[C@@H](C)[C@@H](NC(=O)N1CCc2[nH]cnc2[C@@H]1c1cccc(F)c1)C(=O)OC. The predicted octanol–water partition coefficient (Wildman–Crippen LogP) is 2.79. The van der Waals surface area contributed by atoms with E-state index in [0.29, 0.717) is 30.6 Å². The average Bonchev–Trinajstić information content (AvgIpc) is 3.18. The Labute approximate surface area is 163 Å². The van der Waals surface area contributed by atoms with Crippen LogP contribution in [0.25, 0.3) is 0 Å². The molecule has 1 aliphatic rings. The molecule has 0 aliphatic carbocycles. The summed E-state index contributed by atoms with van der Waals surface area (Å²) in [5.41, 5.74) is 2.23. The molecule has 2 amide bonds. The second-order valence-electron chi connectivity index (χ2n) is 7.00. The number of fused-ring (bicyclic) bond motifs is 1. The minimum atomic E-state index is -0.753. The van der Waals surface area contributed by atoms with Crippen LogP contribution in [0.1, 0.15) is 43.3 Å². The zero-order valence-corrected chi connectivity index (χ0v) is 16.2. The van der Waals surface area contributed by atoms with Gasteiger partial charge in [0.15, 0.2) is 0 Å². The summed E-state index contributed by atoms with van der Waals surface area (Å²) in [5, 5.41) is 2.81. The summed E-state index contributed by atoms with van der Waals surface area (Å²) in [4.78, 5) is 34.3. The number of hydrogen-bond acceptors (Lipinski definition) is 4. The van der Waals surface area contributed by atoms with Crippen molar-refractivity contribution < 1.29 is 18.7 Å². The third kappa shape index (κ3) is 3.85. The molecule has 0 bridgehead atoms. The number of nitrogens with zero attached hydrogens (tertiary/aromatic N) is 2. The number of halogens is 1. The lowest BCUT2D eigenvalue weighted by molar-refractivity contribution is -0.144. The minimum Gasteiger partial charge on any atom is -0.467 e. The van der Waals surface area contributed by atoms with Crippen molar-refractivity contribution in [1.29, 1.82) is 0 Å². The first-order valence-corrected chi connectivity index (χ1v) is 9.38. The predicted molar refractivity (Wildman–Crippen MR) is 101 cm³/mol. The maximum absolute atomic E-state index is 13.9. The lowest BCUT2D eigenvalue weighted by Crippen LogP contribution is -2.53. The van der Waals surface area contributed by atoms with E-state index in [-0.39, 0.29) is 11.7 Å². The third-order valence-electron chi connectivity index (χ3n) is 5.30. The first-order valence-electron chi connectivity index (χ1n) is 9.38. The van der Waals surface area contributed by atoms with Gasteiger partial charge in [0.05, 0.1) is 19.1 Å². The van der Waals surface area contributed by atoms with E-state index in [4.69, 9.17) is 4.74 Å². The van der Waals surface area contributed by atoms with Gasteiger partial charge >= 0.3 is 12.0 Å². The lowest BCUT2D eigenvalue weighted by Gasteiger charge is -2.36. The molecule has 0 fully saturated rings. The molecule has 0 saturated heterocycles. The van der Waals surface area contributed by atoms with Gasteiger partial charge < -0.3 is 19.9 Å². The van der Waals surface area contributed by atoms with Gasteiger partial charge in [-0.1, -0.05) is 32.4 Å². The Balaban J connectivity index is 1.92. The number of aromatic nitrogens is 2. The molecule has 0 spiro atoms. The van der Waals surface area contributed by atoms with Crippen LogP contribution in [0.15, 0.2) is 30.6 Å². The Morgan fingerprint density at radius 3 is 2.93 bits per heavy atom.